The lowest BCUT2D eigenvalue weighted by atomic mass is 10.3. The van der Waals surface area contributed by atoms with Gasteiger partial charge in [0.1, 0.15) is 12.0 Å². The van der Waals surface area contributed by atoms with Crippen molar-refractivity contribution >= 4 is 21.8 Å². The van der Waals surface area contributed by atoms with E-state index in [1.165, 1.54) is 23.5 Å². The van der Waals surface area contributed by atoms with Crippen molar-refractivity contribution in [2.45, 2.75) is 17.5 Å². The van der Waals surface area contributed by atoms with Crippen LogP contribution >= 0.6 is 0 Å². The number of carbonyl (C=O) groups is 2. The topological polar surface area (TPSA) is 117 Å². The molecule has 0 aromatic heterocycles. The summed E-state index contributed by atoms with van der Waals surface area (Å²) in [5, 5.41) is 4.96. The summed E-state index contributed by atoms with van der Waals surface area (Å²) in [7, 11) is 1.52. The minimum atomic E-state index is -3.81. The van der Waals surface area contributed by atoms with Gasteiger partial charge in [-0.15, -0.1) is 0 Å². The SMILES string of the molecule is COc1ccc(S(=O)(=O)N2CCO[C@@H]2CNC(=O)C(=O)NCCCN(C)C)cc1. The van der Waals surface area contributed by atoms with E-state index in [1.54, 1.807) is 12.1 Å². The summed E-state index contributed by atoms with van der Waals surface area (Å²) in [4.78, 5) is 25.9. The average molecular weight is 429 g/mol. The molecule has 162 valence electrons. The maximum absolute atomic E-state index is 12.9. The van der Waals surface area contributed by atoms with Crippen LogP contribution in [0.2, 0.25) is 0 Å². The van der Waals surface area contributed by atoms with Crippen molar-refractivity contribution in [1.82, 2.24) is 19.8 Å². The molecule has 11 heteroatoms. The lowest BCUT2D eigenvalue weighted by Crippen LogP contribution is -2.47. The second-order valence-electron chi connectivity index (χ2n) is 6.74. The summed E-state index contributed by atoms with van der Waals surface area (Å²) >= 11 is 0. The van der Waals surface area contributed by atoms with Gasteiger partial charge in [-0.05, 0) is 51.3 Å². The second kappa shape index (κ2) is 10.5. The van der Waals surface area contributed by atoms with Gasteiger partial charge < -0.3 is 25.0 Å². The molecule has 1 saturated heterocycles. The van der Waals surface area contributed by atoms with Crippen molar-refractivity contribution in [1.29, 1.82) is 0 Å². The number of amides is 2. The minimum absolute atomic E-state index is 0.0961. The first-order valence-corrected chi connectivity index (χ1v) is 10.7. The molecule has 1 aromatic rings. The molecule has 0 spiro atoms. The number of ether oxygens (including phenoxy) is 2. The molecule has 1 heterocycles. The molecule has 29 heavy (non-hydrogen) atoms. The van der Waals surface area contributed by atoms with Gasteiger partial charge in [0.15, 0.2) is 0 Å². The van der Waals surface area contributed by atoms with Gasteiger partial charge in [-0.3, -0.25) is 9.59 Å². The van der Waals surface area contributed by atoms with E-state index in [-0.39, 0.29) is 24.6 Å². The van der Waals surface area contributed by atoms with Gasteiger partial charge in [0.05, 0.1) is 25.2 Å². The van der Waals surface area contributed by atoms with E-state index in [4.69, 9.17) is 9.47 Å². The van der Waals surface area contributed by atoms with Crippen LogP contribution in [0, 0.1) is 0 Å². The third kappa shape index (κ3) is 6.39. The van der Waals surface area contributed by atoms with E-state index >= 15 is 0 Å². The van der Waals surface area contributed by atoms with Crippen LogP contribution in [0.5, 0.6) is 5.75 Å². The first-order chi connectivity index (χ1) is 13.8. The number of nitrogens with zero attached hydrogens (tertiary/aromatic N) is 2. The van der Waals surface area contributed by atoms with Crippen LogP contribution in [0.15, 0.2) is 29.2 Å². The molecule has 0 radical (unpaired) electrons. The fourth-order valence-electron chi connectivity index (χ4n) is 2.76. The molecule has 1 aliphatic rings. The van der Waals surface area contributed by atoms with Crippen molar-refractivity contribution in [2.75, 3.05) is 54.0 Å². The highest BCUT2D eigenvalue weighted by Crippen LogP contribution is 2.23. The third-order valence-corrected chi connectivity index (χ3v) is 6.22. The van der Waals surface area contributed by atoms with Gasteiger partial charge in [0.25, 0.3) is 0 Å². The molecule has 0 saturated carbocycles. The molecule has 10 nitrogen and oxygen atoms in total. The Morgan fingerprint density at radius 2 is 1.86 bits per heavy atom. The number of hydrogen-bond donors (Lipinski definition) is 2. The summed E-state index contributed by atoms with van der Waals surface area (Å²) in [6.07, 6.45) is -0.168. The Balaban J connectivity index is 1.90. The molecule has 0 aliphatic carbocycles. The number of carbonyl (C=O) groups excluding carboxylic acids is 2. The van der Waals surface area contributed by atoms with Gasteiger partial charge in [-0.2, -0.15) is 4.31 Å². The molecule has 1 atom stereocenters. The highest BCUT2D eigenvalue weighted by molar-refractivity contribution is 7.89. The van der Waals surface area contributed by atoms with Crippen molar-refractivity contribution < 1.29 is 27.5 Å². The standard InChI is InChI=1S/C18H28N4O6S/c1-21(2)10-4-9-19-17(23)18(24)20-13-16-22(11-12-28-16)29(25,26)15-7-5-14(27-3)6-8-15/h5-8,16H,4,9-13H2,1-3H3,(H,19,23)(H,20,24)/t16-/m1/s1. The Morgan fingerprint density at radius 1 is 1.21 bits per heavy atom. The Bertz CT molecular complexity index is 797. The van der Waals surface area contributed by atoms with E-state index in [1.807, 2.05) is 19.0 Å². The molecular formula is C18H28N4O6S. The van der Waals surface area contributed by atoms with Crippen LogP contribution in [0.1, 0.15) is 6.42 Å². The van der Waals surface area contributed by atoms with Gasteiger partial charge in [0.2, 0.25) is 10.0 Å². The Kier molecular flexibility index (Phi) is 8.38. The third-order valence-electron chi connectivity index (χ3n) is 4.32. The van der Waals surface area contributed by atoms with E-state index in [0.717, 1.165) is 6.54 Å². The fraction of sp³-hybridized carbons (Fsp3) is 0.556. The Hall–Kier alpha value is -2.21. The summed E-state index contributed by atoms with van der Waals surface area (Å²) in [5.41, 5.74) is 0. The number of methoxy groups -OCH3 is 1. The normalized spacial score (nSPS) is 17.3. The van der Waals surface area contributed by atoms with Gasteiger partial charge in [-0.25, -0.2) is 8.42 Å². The summed E-state index contributed by atoms with van der Waals surface area (Å²) in [6, 6.07) is 6.01. The summed E-state index contributed by atoms with van der Waals surface area (Å²) < 4.78 is 37.4. The molecule has 1 aromatic carbocycles. The maximum atomic E-state index is 12.9. The first kappa shape index (κ1) is 23.1. The summed E-state index contributed by atoms with van der Waals surface area (Å²) in [5.74, 6) is -1.04. The predicted octanol–water partition coefficient (Wildman–Crippen LogP) is -0.774. The van der Waals surface area contributed by atoms with Crippen molar-refractivity contribution in [3.8, 4) is 5.75 Å². The average Bonchev–Trinajstić information content (AvgIpc) is 3.18. The lowest BCUT2D eigenvalue weighted by Gasteiger charge is -2.23. The maximum Gasteiger partial charge on any atom is 0.309 e. The van der Waals surface area contributed by atoms with Crippen LogP contribution in [-0.2, 0) is 24.3 Å². The number of sulfonamides is 1. The zero-order chi connectivity index (χ0) is 21.4. The molecule has 0 bridgehead atoms. The molecule has 1 fully saturated rings. The summed E-state index contributed by atoms with van der Waals surface area (Å²) in [6.45, 7) is 1.40. The molecule has 0 unspecified atom stereocenters. The van der Waals surface area contributed by atoms with E-state index in [9.17, 15) is 18.0 Å². The van der Waals surface area contributed by atoms with E-state index < -0.39 is 28.1 Å². The molecule has 2 amide bonds. The lowest BCUT2D eigenvalue weighted by molar-refractivity contribution is -0.139. The Morgan fingerprint density at radius 3 is 2.48 bits per heavy atom. The zero-order valence-corrected chi connectivity index (χ0v) is 17.7. The van der Waals surface area contributed by atoms with Gasteiger partial charge in [-0.1, -0.05) is 0 Å². The monoisotopic (exact) mass is 428 g/mol. The Labute approximate surface area is 171 Å². The molecule has 1 aliphatic heterocycles. The second-order valence-corrected chi connectivity index (χ2v) is 8.63. The van der Waals surface area contributed by atoms with Crippen molar-refractivity contribution in [3.63, 3.8) is 0 Å². The van der Waals surface area contributed by atoms with Crippen LogP contribution in [-0.4, -0.2) is 89.7 Å². The predicted molar refractivity (Wildman–Crippen MR) is 106 cm³/mol. The highest BCUT2D eigenvalue weighted by atomic mass is 32.2. The van der Waals surface area contributed by atoms with Gasteiger partial charge in [0, 0.05) is 13.1 Å². The smallest absolute Gasteiger partial charge is 0.309 e. The quantitative estimate of drug-likeness (QED) is 0.392. The molecule has 2 rings (SSSR count). The number of nitrogens with one attached hydrogen (secondary N) is 2. The highest BCUT2D eigenvalue weighted by Gasteiger charge is 2.36. The van der Waals surface area contributed by atoms with Crippen molar-refractivity contribution in [2.24, 2.45) is 0 Å². The van der Waals surface area contributed by atoms with Crippen LogP contribution < -0.4 is 15.4 Å². The van der Waals surface area contributed by atoms with Crippen LogP contribution in [0.3, 0.4) is 0 Å². The fourth-order valence-corrected chi connectivity index (χ4v) is 4.27. The van der Waals surface area contributed by atoms with E-state index in [2.05, 4.69) is 10.6 Å². The number of hydrogen-bond acceptors (Lipinski definition) is 7. The van der Waals surface area contributed by atoms with E-state index in [0.29, 0.717) is 18.7 Å². The zero-order valence-electron chi connectivity index (χ0n) is 16.9. The van der Waals surface area contributed by atoms with Gasteiger partial charge >= 0.3 is 11.8 Å². The van der Waals surface area contributed by atoms with Crippen LogP contribution in [0.25, 0.3) is 0 Å². The largest absolute Gasteiger partial charge is 0.497 e. The minimum Gasteiger partial charge on any atom is -0.497 e. The molecule has 2 N–H and O–H groups in total. The number of benzene rings is 1. The number of rotatable bonds is 9. The van der Waals surface area contributed by atoms with Crippen LogP contribution in [0.4, 0.5) is 0 Å². The first-order valence-electron chi connectivity index (χ1n) is 9.24. The van der Waals surface area contributed by atoms with Crippen molar-refractivity contribution in [3.05, 3.63) is 24.3 Å². The molecular weight excluding hydrogens is 400 g/mol.